The first kappa shape index (κ1) is 26.5. The lowest BCUT2D eigenvalue weighted by Gasteiger charge is -2.33. The van der Waals surface area contributed by atoms with Crippen molar-refractivity contribution >= 4 is 35.8 Å². The number of nitrogens with zero attached hydrogens (tertiary/aromatic N) is 3. The quantitative estimate of drug-likeness (QED) is 0.331. The fourth-order valence-electron chi connectivity index (χ4n) is 3.34. The van der Waals surface area contributed by atoms with Gasteiger partial charge in [-0.25, -0.2) is 0 Å². The van der Waals surface area contributed by atoms with Crippen LogP contribution in [-0.2, 0) is 11.3 Å². The summed E-state index contributed by atoms with van der Waals surface area (Å²) in [4.78, 5) is 19.0. The molecule has 1 aromatic carbocycles. The summed E-state index contributed by atoms with van der Waals surface area (Å²) in [6.07, 6.45) is -2.56. The summed E-state index contributed by atoms with van der Waals surface area (Å²) >= 11 is 0. The Bertz CT molecular complexity index is 706. The van der Waals surface area contributed by atoms with Crippen molar-refractivity contribution < 1.29 is 18.0 Å². The zero-order valence-corrected chi connectivity index (χ0v) is 20.0. The predicted molar refractivity (Wildman–Crippen MR) is 123 cm³/mol. The molecule has 30 heavy (non-hydrogen) atoms. The number of likely N-dealkylation sites (N-methyl/N-ethyl adjacent to an activating group) is 1. The maximum atomic E-state index is 12.4. The Balaban J connectivity index is 0.00000450. The number of hydrogen-bond acceptors (Lipinski definition) is 3. The second-order valence-electron chi connectivity index (χ2n) is 7.47. The van der Waals surface area contributed by atoms with Crippen molar-refractivity contribution in [2.45, 2.75) is 38.5 Å². The number of piperidine rings is 1. The van der Waals surface area contributed by atoms with Gasteiger partial charge in [-0.15, -0.1) is 24.0 Å². The second-order valence-corrected chi connectivity index (χ2v) is 7.47. The molecule has 0 bridgehead atoms. The van der Waals surface area contributed by atoms with E-state index >= 15 is 0 Å². The van der Waals surface area contributed by atoms with Crippen molar-refractivity contribution in [2.24, 2.45) is 4.99 Å². The van der Waals surface area contributed by atoms with E-state index in [1.54, 1.807) is 7.05 Å². The van der Waals surface area contributed by atoms with Crippen LogP contribution in [0.4, 0.5) is 13.2 Å². The monoisotopic (exact) mass is 541 g/mol. The maximum Gasteiger partial charge on any atom is 0.406 e. The lowest BCUT2D eigenvalue weighted by atomic mass is 10.0. The van der Waals surface area contributed by atoms with Crippen molar-refractivity contribution in [1.29, 1.82) is 0 Å². The number of nitrogens with one attached hydrogen (secondary N) is 2. The van der Waals surface area contributed by atoms with Gasteiger partial charge in [0.05, 0.1) is 6.54 Å². The van der Waals surface area contributed by atoms with E-state index in [1.807, 2.05) is 0 Å². The summed E-state index contributed by atoms with van der Waals surface area (Å²) in [7, 11) is 2.71. The lowest BCUT2D eigenvalue weighted by Crippen LogP contribution is -2.50. The summed E-state index contributed by atoms with van der Waals surface area (Å²) in [6, 6.07) is 8.70. The maximum absolute atomic E-state index is 12.4. The standard InChI is InChI=1S/C20H30F3N5O.HI/c1-15-5-4-6-16(11-15)13-28-9-7-17(8-10-28)26-19(24-2)25-12-18(29)27(3)14-20(21,22)23;/h4-6,11,17H,7-10,12-14H2,1-3H3,(H2,24,25,26);1H. The van der Waals surface area contributed by atoms with Crippen LogP contribution >= 0.6 is 24.0 Å². The molecule has 0 atom stereocenters. The highest BCUT2D eigenvalue weighted by atomic mass is 127. The van der Waals surface area contributed by atoms with Crippen molar-refractivity contribution in [2.75, 3.05) is 40.3 Å². The minimum absolute atomic E-state index is 0. The minimum Gasteiger partial charge on any atom is -0.354 e. The van der Waals surface area contributed by atoms with Gasteiger partial charge in [0.25, 0.3) is 0 Å². The third kappa shape index (κ3) is 9.50. The van der Waals surface area contributed by atoms with Crippen molar-refractivity contribution in [3.8, 4) is 0 Å². The number of aryl methyl sites for hydroxylation is 1. The first-order valence-corrected chi connectivity index (χ1v) is 9.72. The molecule has 1 aliphatic rings. The van der Waals surface area contributed by atoms with Gasteiger partial charge in [-0.2, -0.15) is 13.2 Å². The summed E-state index contributed by atoms with van der Waals surface area (Å²) in [5.74, 6) is -0.214. The number of benzene rings is 1. The number of rotatable bonds is 6. The van der Waals surface area contributed by atoms with Crippen LogP contribution in [0.2, 0.25) is 0 Å². The smallest absolute Gasteiger partial charge is 0.354 e. The van der Waals surface area contributed by atoms with Crippen LogP contribution in [-0.4, -0.2) is 74.2 Å². The molecule has 1 fully saturated rings. The highest BCUT2D eigenvalue weighted by Gasteiger charge is 2.31. The Morgan fingerprint density at radius 2 is 1.97 bits per heavy atom. The SMILES string of the molecule is CN=C(NCC(=O)N(C)CC(F)(F)F)NC1CCN(Cc2cccc(C)c2)CC1.I. The zero-order chi connectivity index (χ0) is 21.4. The van der Waals surface area contributed by atoms with Crippen LogP contribution in [0.25, 0.3) is 0 Å². The van der Waals surface area contributed by atoms with E-state index in [2.05, 4.69) is 51.7 Å². The summed E-state index contributed by atoms with van der Waals surface area (Å²) in [5, 5.41) is 6.07. The van der Waals surface area contributed by atoms with E-state index in [-0.39, 0.29) is 36.6 Å². The molecule has 1 aliphatic heterocycles. The molecular formula is C20H31F3IN5O. The van der Waals surface area contributed by atoms with Gasteiger partial charge in [0.2, 0.25) is 5.91 Å². The molecule has 0 spiro atoms. The van der Waals surface area contributed by atoms with Gasteiger partial charge in [-0.1, -0.05) is 29.8 Å². The van der Waals surface area contributed by atoms with Crippen LogP contribution in [0.5, 0.6) is 0 Å². The van der Waals surface area contributed by atoms with Gasteiger partial charge in [0, 0.05) is 39.8 Å². The fraction of sp³-hybridized carbons (Fsp3) is 0.600. The van der Waals surface area contributed by atoms with Crippen molar-refractivity contribution in [1.82, 2.24) is 20.4 Å². The summed E-state index contributed by atoms with van der Waals surface area (Å²) in [5.41, 5.74) is 2.56. The van der Waals surface area contributed by atoms with Crippen LogP contribution < -0.4 is 10.6 Å². The molecule has 0 saturated carbocycles. The molecule has 6 nitrogen and oxygen atoms in total. The van der Waals surface area contributed by atoms with Crippen molar-refractivity contribution in [3.05, 3.63) is 35.4 Å². The molecule has 2 rings (SSSR count). The van der Waals surface area contributed by atoms with Gasteiger partial charge < -0.3 is 15.5 Å². The first-order valence-electron chi connectivity index (χ1n) is 9.72. The summed E-state index contributed by atoms with van der Waals surface area (Å²) < 4.78 is 37.1. The van der Waals surface area contributed by atoms with Gasteiger partial charge in [-0.05, 0) is 25.3 Å². The molecule has 170 valence electrons. The van der Waals surface area contributed by atoms with Gasteiger partial charge in [0.15, 0.2) is 5.96 Å². The zero-order valence-electron chi connectivity index (χ0n) is 17.6. The number of alkyl halides is 3. The number of amides is 1. The Labute approximate surface area is 193 Å². The Hall–Kier alpha value is -1.56. The topological polar surface area (TPSA) is 60.0 Å². The molecular weight excluding hydrogens is 510 g/mol. The van der Waals surface area contributed by atoms with Crippen molar-refractivity contribution in [3.63, 3.8) is 0 Å². The third-order valence-electron chi connectivity index (χ3n) is 4.89. The molecule has 0 radical (unpaired) electrons. The lowest BCUT2D eigenvalue weighted by molar-refractivity contribution is -0.157. The number of carbonyl (C=O) groups is 1. The molecule has 1 saturated heterocycles. The molecule has 1 heterocycles. The Kier molecular flexibility index (Phi) is 10.9. The van der Waals surface area contributed by atoms with Crippen LogP contribution in [0.1, 0.15) is 24.0 Å². The average Bonchev–Trinajstić information content (AvgIpc) is 2.65. The molecule has 2 N–H and O–H groups in total. The normalized spacial score (nSPS) is 16.0. The van der Waals surface area contributed by atoms with E-state index in [9.17, 15) is 18.0 Å². The van der Waals surface area contributed by atoms with E-state index in [0.717, 1.165) is 39.5 Å². The number of aliphatic imine (C=N–C) groups is 1. The fourth-order valence-corrected chi connectivity index (χ4v) is 3.34. The molecule has 1 amide bonds. The molecule has 1 aromatic rings. The van der Waals surface area contributed by atoms with Gasteiger partial charge >= 0.3 is 6.18 Å². The molecule has 0 aliphatic carbocycles. The molecule has 0 aromatic heterocycles. The van der Waals surface area contributed by atoms with Crippen LogP contribution in [0.3, 0.4) is 0 Å². The minimum atomic E-state index is -4.41. The first-order chi connectivity index (χ1) is 13.7. The van der Waals surface area contributed by atoms with Gasteiger partial charge in [-0.3, -0.25) is 14.7 Å². The number of carbonyl (C=O) groups excluding carboxylic acids is 1. The second kappa shape index (κ2) is 12.3. The predicted octanol–water partition coefficient (Wildman–Crippen LogP) is 2.76. The third-order valence-corrected chi connectivity index (χ3v) is 4.89. The average molecular weight is 541 g/mol. The number of hydrogen-bond donors (Lipinski definition) is 2. The Morgan fingerprint density at radius 3 is 2.53 bits per heavy atom. The van der Waals surface area contributed by atoms with Crippen LogP contribution in [0.15, 0.2) is 29.3 Å². The highest BCUT2D eigenvalue weighted by Crippen LogP contribution is 2.16. The number of likely N-dealkylation sites (tertiary alicyclic amines) is 1. The van der Waals surface area contributed by atoms with E-state index in [1.165, 1.54) is 11.1 Å². The van der Waals surface area contributed by atoms with E-state index < -0.39 is 18.6 Å². The Morgan fingerprint density at radius 1 is 1.30 bits per heavy atom. The summed E-state index contributed by atoms with van der Waals surface area (Å²) in [6.45, 7) is 3.38. The van der Waals surface area contributed by atoms with Crippen LogP contribution in [0, 0.1) is 6.92 Å². The highest BCUT2D eigenvalue weighted by molar-refractivity contribution is 14.0. The largest absolute Gasteiger partial charge is 0.406 e. The molecule has 0 unspecified atom stereocenters. The molecule has 10 heteroatoms. The number of halogens is 4. The van der Waals surface area contributed by atoms with E-state index in [4.69, 9.17) is 0 Å². The van der Waals surface area contributed by atoms with E-state index in [0.29, 0.717) is 10.9 Å². The van der Waals surface area contributed by atoms with Gasteiger partial charge in [0.1, 0.15) is 6.54 Å². The number of guanidine groups is 1.